The summed E-state index contributed by atoms with van der Waals surface area (Å²) in [5.41, 5.74) is 3.17. The molecule has 0 bridgehead atoms. The summed E-state index contributed by atoms with van der Waals surface area (Å²) >= 11 is 1.75. The van der Waals surface area contributed by atoms with Crippen molar-refractivity contribution in [3.8, 4) is 10.4 Å². The molecule has 4 heteroatoms. The monoisotopic (exact) mass is 300 g/mol. The van der Waals surface area contributed by atoms with E-state index in [-0.39, 0.29) is 0 Å². The second-order valence-corrected chi connectivity index (χ2v) is 6.25. The molecule has 2 heterocycles. The number of thiophene rings is 1. The van der Waals surface area contributed by atoms with Gasteiger partial charge in [0.2, 0.25) is 0 Å². The Morgan fingerprint density at radius 3 is 2.71 bits per heavy atom. The molecule has 0 radical (unpaired) electrons. The zero-order valence-electron chi connectivity index (χ0n) is 12.3. The number of nitrogens with zero attached hydrogens (tertiary/aromatic N) is 2. The van der Waals surface area contributed by atoms with Crippen LogP contribution >= 0.6 is 11.3 Å². The van der Waals surface area contributed by atoms with E-state index in [1.165, 1.54) is 10.6 Å². The molecule has 0 unspecified atom stereocenters. The van der Waals surface area contributed by atoms with Crippen LogP contribution in [-0.4, -0.2) is 43.9 Å². The number of piperazine rings is 1. The van der Waals surface area contributed by atoms with Crippen LogP contribution in [0.2, 0.25) is 0 Å². The maximum Gasteiger partial charge on any atom is 0.150 e. The lowest BCUT2D eigenvalue weighted by Gasteiger charge is -2.34. The largest absolute Gasteiger partial charge is 0.368 e. The first-order chi connectivity index (χ1) is 10.3. The molecule has 0 aliphatic carbocycles. The lowest BCUT2D eigenvalue weighted by atomic mass is 10.1. The summed E-state index contributed by atoms with van der Waals surface area (Å²) in [6, 6.07) is 10.1. The molecule has 1 aliphatic rings. The van der Waals surface area contributed by atoms with Crippen molar-refractivity contribution in [2.45, 2.75) is 6.92 Å². The number of likely N-dealkylation sites (N-methyl/N-ethyl adjacent to an activating group) is 1. The van der Waals surface area contributed by atoms with Gasteiger partial charge in [0.1, 0.15) is 6.29 Å². The number of carbonyl (C=O) groups is 1. The molecule has 1 aromatic heterocycles. The summed E-state index contributed by atoms with van der Waals surface area (Å²) in [7, 11) is 0. The number of hydrogen-bond donors (Lipinski definition) is 0. The number of rotatable bonds is 4. The highest BCUT2D eigenvalue weighted by atomic mass is 32.1. The molecule has 3 nitrogen and oxygen atoms in total. The van der Waals surface area contributed by atoms with Crippen molar-refractivity contribution in [3.63, 3.8) is 0 Å². The maximum atomic E-state index is 10.9. The van der Waals surface area contributed by atoms with Crippen LogP contribution < -0.4 is 4.90 Å². The van der Waals surface area contributed by atoms with Crippen molar-refractivity contribution in [3.05, 3.63) is 41.3 Å². The predicted molar refractivity (Wildman–Crippen MR) is 89.5 cm³/mol. The Morgan fingerprint density at radius 2 is 2.00 bits per heavy atom. The number of aldehydes is 1. The molecule has 0 N–H and O–H groups in total. The van der Waals surface area contributed by atoms with Gasteiger partial charge in [-0.25, -0.2) is 0 Å². The average Bonchev–Trinajstić information content (AvgIpc) is 3.05. The van der Waals surface area contributed by atoms with Crippen molar-refractivity contribution in [2.75, 3.05) is 37.6 Å². The minimum Gasteiger partial charge on any atom is -0.368 e. The second-order valence-electron chi connectivity index (χ2n) is 5.33. The van der Waals surface area contributed by atoms with Crippen LogP contribution in [0.3, 0.4) is 0 Å². The first-order valence-corrected chi connectivity index (χ1v) is 8.29. The average molecular weight is 300 g/mol. The van der Waals surface area contributed by atoms with E-state index in [2.05, 4.69) is 34.2 Å². The zero-order chi connectivity index (χ0) is 14.7. The van der Waals surface area contributed by atoms with E-state index in [4.69, 9.17) is 0 Å². The standard InChI is InChI=1S/C17H20N2OS/c1-2-18-6-8-19(9-7-18)16-11-17(21-13-16)15-5-3-4-14(10-15)12-20/h3-5,10-13H,2,6-9H2,1H3. The van der Waals surface area contributed by atoms with Crippen LogP contribution in [-0.2, 0) is 0 Å². The molecular formula is C17H20N2OS. The summed E-state index contributed by atoms with van der Waals surface area (Å²) in [6.07, 6.45) is 0.905. The Morgan fingerprint density at radius 1 is 1.19 bits per heavy atom. The van der Waals surface area contributed by atoms with Crippen molar-refractivity contribution in [1.29, 1.82) is 0 Å². The van der Waals surface area contributed by atoms with Gasteiger partial charge in [-0.3, -0.25) is 4.79 Å². The molecule has 21 heavy (non-hydrogen) atoms. The summed E-state index contributed by atoms with van der Waals surface area (Å²) in [5.74, 6) is 0. The highest BCUT2D eigenvalue weighted by molar-refractivity contribution is 7.14. The molecular weight excluding hydrogens is 280 g/mol. The summed E-state index contributed by atoms with van der Waals surface area (Å²) in [4.78, 5) is 17.1. The van der Waals surface area contributed by atoms with Crippen molar-refractivity contribution in [2.24, 2.45) is 0 Å². The molecule has 1 aromatic carbocycles. The van der Waals surface area contributed by atoms with Gasteiger partial charge in [0.05, 0.1) is 0 Å². The fourth-order valence-electron chi connectivity index (χ4n) is 2.73. The molecule has 1 aliphatic heterocycles. The Balaban J connectivity index is 1.75. The Bertz CT molecular complexity index is 615. The second kappa shape index (κ2) is 6.41. The van der Waals surface area contributed by atoms with Crippen molar-refractivity contribution < 1.29 is 4.79 Å². The minimum atomic E-state index is 0.735. The highest BCUT2D eigenvalue weighted by Gasteiger charge is 2.17. The normalized spacial score (nSPS) is 16.1. The quantitative estimate of drug-likeness (QED) is 0.809. The molecule has 0 spiro atoms. The number of carbonyl (C=O) groups excluding carboxylic acids is 1. The summed E-state index contributed by atoms with van der Waals surface area (Å²) < 4.78 is 0. The van der Waals surface area contributed by atoms with E-state index in [0.29, 0.717) is 0 Å². The van der Waals surface area contributed by atoms with Gasteiger partial charge in [0, 0.05) is 47.7 Å². The van der Waals surface area contributed by atoms with Crippen LogP contribution in [0.25, 0.3) is 10.4 Å². The van der Waals surface area contributed by atoms with E-state index in [9.17, 15) is 4.79 Å². The third kappa shape index (κ3) is 3.17. The van der Waals surface area contributed by atoms with Crippen molar-refractivity contribution in [1.82, 2.24) is 4.90 Å². The highest BCUT2D eigenvalue weighted by Crippen LogP contribution is 2.32. The molecule has 1 saturated heterocycles. The van der Waals surface area contributed by atoms with E-state index in [1.807, 2.05) is 18.2 Å². The fraction of sp³-hybridized carbons (Fsp3) is 0.353. The Labute approximate surface area is 129 Å². The van der Waals surface area contributed by atoms with E-state index in [0.717, 1.165) is 50.1 Å². The first kappa shape index (κ1) is 14.3. The summed E-state index contributed by atoms with van der Waals surface area (Å²) in [5, 5.41) is 2.23. The van der Waals surface area contributed by atoms with Gasteiger partial charge in [-0.1, -0.05) is 25.1 Å². The smallest absolute Gasteiger partial charge is 0.150 e. The molecule has 1 fully saturated rings. The molecule has 0 saturated carbocycles. The van der Waals surface area contributed by atoms with E-state index >= 15 is 0 Å². The number of hydrogen-bond acceptors (Lipinski definition) is 4. The molecule has 110 valence electrons. The topological polar surface area (TPSA) is 23.6 Å². The molecule has 0 amide bonds. The van der Waals surface area contributed by atoms with Gasteiger partial charge in [-0.05, 0) is 24.2 Å². The minimum absolute atomic E-state index is 0.735. The van der Waals surface area contributed by atoms with Gasteiger partial charge in [-0.15, -0.1) is 11.3 Å². The van der Waals surface area contributed by atoms with Crippen LogP contribution in [0.5, 0.6) is 0 Å². The number of anilines is 1. The third-order valence-corrected chi connectivity index (χ3v) is 5.04. The first-order valence-electron chi connectivity index (χ1n) is 7.41. The van der Waals surface area contributed by atoms with E-state index < -0.39 is 0 Å². The zero-order valence-corrected chi connectivity index (χ0v) is 13.1. The maximum absolute atomic E-state index is 10.9. The van der Waals surface area contributed by atoms with Gasteiger partial charge in [0.25, 0.3) is 0 Å². The molecule has 0 atom stereocenters. The fourth-order valence-corrected chi connectivity index (χ4v) is 3.65. The SMILES string of the molecule is CCN1CCN(c2csc(-c3cccc(C=O)c3)c2)CC1. The van der Waals surface area contributed by atoms with Gasteiger partial charge in [0.15, 0.2) is 0 Å². The molecule has 2 aromatic rings. The number of benzene rings is 1. The van der Waals surface area contributed by atoms with Crippen LogP contribution in [0.15, 0.2) is 35.7 Å². The van der Waals surface area contributed by atoms with Gasteiger partial charge < -0.3 is 9.80 Å². The lowest BCUT2D eigenvalue weighted by Crippen LogP contribution is -2.46. The Kier molecular flexibility index (Phi) is 4.36. The van der Waals surface area contributed by atoms with Gasteiger partial charge in [-0.2, -0.15) is 0 Å². The van der Waals surface area contributed by atoms with Crippen LogP contribution in [0.1, 0.15) is 17.3 Å². The summed E-state index contributed by atoms with van der Waals surface area (Å²) in [6.45, 7) is 7.83. The predicted octanol–water partition coefficient (Wildman–Crippen LogP) is 3.37. The molecule has 3 rings (SSSR count). The third-order valence-electron chi connectivity index (χ3n) is 4.08. The van der Waals surface area contributed by atoms with Crippen LogP contribution in [0.4, 0.5) is 5.69 Å². The van der Waals surface area contributed by atoms with Crippen LogP contribution in [0, 0.1) is 0 Å². The van der Waals surface area contributed by atoms with Crippen molar-refractivity contribution >= 4 is 23.3 Å². The Hall–Kier alpha value is -1.65. The van der Waals surface area contributed by atoms with Gasteiger partial charge >= 0.3 is 0 Å². The lowest BCUT2D eigenvalue weighted by molar-refractivity contribution is 0.112. The van der Waals surface area contributed by atoms with E-state index in [1.54, 1.807) is 11.3 Å².